The quantitative estimate of drug-likeness (QED) is 0.0305. The Morgan fingerprint density at radius 1 is 0.431 bits per heavy atom. The molecule has 0 saturated carbocycles. The highest BCUT2D eigenvalue weighted by Gasteiger charge is 2.27. The van der Waals surface area contributed by atoms with Gasteiger partial charge in [0, 0.05) is 13.0 Å². The molecule has 388 valence electrons. The molecular formula is C54H108NO9P. The van der Waals surface area contributed by atoms with Gasteiger partial charge in [-0.05, 0) is 12.8 Å². The Labute approximate surface area is 401 Å². The summed E-state index contributed by atoms with van der Waals surface area (Å²) in [4.78, 5) is 33.8. The lowest BCUT2D eigenvalue weighted by molar-refractivity contribution is -0.154. The molecule has 0 aliphatic carbocycles. The summed E-state index contributed by atoms with van der Waals surface area (Å²) in [6.45, 7) is 3.97. The van der Waals surface area contributed by atoms with Crippen molar-refractivity contribution in [2.45, 2.75) is 309 Å². The number of carbonyl (C=O) groups is 2. The maximum Gasteiger partial charge on any atom is 0.472 e. The van der Waals surface area contributed by atoms with Crippen molar-refractivity contribution in [2.24, 2.45) is 5.73 Å². The van der Waals surface area contributed by atoms with Gasteiger partial charge in [0.15, 0.2) is 0 Å². The van der Waals surface area contributed by atoms with Crippen LogP contribution in [0, 0.1) is 0 Å². The first-order valence-corrected chi connectivity index (χ1v) is 29.6. The van der Waals surface area contributed by atoms with Crippen molar-refractivity contribution in [3.63, 3.8) is 0 Å². The van der Waals surface area contributed by atoms with Crippen molar-refractivity contribution in [1.29, 1.82) is 0 Å². The van der Waals surface area contributed by atoms with E-state index in [0.29, 0.717) is 6.61 Å². The average Bonchev–Trinajstić information content (AvgIpc) is 3.29. The fourth-order valence-electron chi connectivity index (χ4n) is 8.55. The van der Waals surface area contributed by atoms with E-state index < -0.39 is 45.1 Å². The summed E-state index contributed by atoms with van der Waals surface area (Å²) >= 11 is 0. The number of esters is 1. The van der Waals surface area contributed by atoms with E-state index in [4.69, 9.17) is 29.4 Å². The highest BCUT2D eigenvalue weighted by molar-refractivity contribution is 7.47. The first kappa shape index (κ1) is 64.0. The molecule has 10 nitrogen and oxygen atoms in total. The van der Waals surface area contributed by atoms with Gasteiger partial charge in [0.05, 0.1) is 19.8 Å². The number of nitrogens with two attached hydrogens (primary N) is 1. The van der Waals surface area contributed by atoms with Crippen molar-refractivity contribution in [1.82, 2.24) is 0 Å². The third kappa shape index (κ3) is 50.7. The van der Waals surface area contributed by atoms with Crippen LogP contribution in [-0.4, -0.2) is 60.5 Å². The molecule has 0 aliphatic heterocycles. The molecule has 3 unspecified atom stereocenters. The van der Waals surface area contributed by atoms with Gasteiger partial charge in [-0.25, -0.2) is 4.57 Å². The molecule has 0 aromatic carbocycles. The Morgan fingerprint density at radius 3 is 1.02 bits per heavy atom. The summed E-state index contributed by atoms with van der Waals surface area (Å²) in [5.74, 6) is -1.76. The van der Waals surface area contributed by atoms with Gasteiger partial charge in [0.25, 0.3) is 0 Å². The van der Waals surface area contributed by atoms with E-state index in [0.717, 1.165) is 38.5 Å². The number of phosphoric acid groups is 1. The van der Waals surface area contributed by atoms with Gasteiger partial charge >= 0.3 is 19.8 Å². The van der Waals surface area contributed by atoms with Crippen LogP contribution in [0.5, 0.6) is 0 Å². The monoisotopic (exact) mass is 946 g/mol. The number of aliphatic carboxylic acids is 1. The number of rotatable bonds is 55. The molecule has 11 heteroatoms. The molecule has 0 aliphatic rings. The zero-order chi connectivity index (χ0) is 47.6. The van der Waals surface area contributed by atoms with Crippen molar-refractivity contribution in [3.05, 3.63) is 0 Å². The molecule has 0 aromatic heterocycles. The summed E-state index contributed by atoms with van der Waals surface area (Å²) in [5, 5.41) is 8.94. The fraction of sp³-hybridized carbons (Fsp3) is 0.963. The van der Waals surface area contributed by atoms with Crippen LogP contribution in [-0.2, 0) is 32.7 Å². The molecule has 0 bridgehead atoms. The number of unbranched alkanes of at least 4 members (excludes halogenated alkanes) is 41. The minimum Gasteiger partial charge on any atom is -0.480 e. The predicted molar refractivity (Wildman–Crippen MR) is 273 cm³/mol. The van der Waals surface area contributed by atoms with Gasteiger partial charge < -0.3 is 25.2 Å². The second kappa shape index (κ2) is 50.8. The number of ether oxygens (including phenoxy) is 2. The Bertz CT molecular complexity index is 1050. The van der Waals surface area contributed by atoms with Crippen molar-refractivity contribution in [2.75, 3.05) is 26.4 Å². The number of carbonyl (C=O) groups excluding carboxylic acids is 1. The van der Waals surface area contributed by atoms with Crippen LogP contribution >= 0.6 is 7.82 Å². The summed E-state index contributed by atoms with van der Waals surface area (Å²) in [6.07, 6.45) is 56.0. The Kier molecular flexibility index (Phi) is 50.0. The average molecular weight is 946 g/mol. The van der Waals surface area contributed by atoms with Gasteiger partial charge in [0.2, 0.25) is 0 Å². The number of carboxylic acids is 1. The molecule has 0 saturated heterocycles. The van der Waals surface area contributed by atoms with E-state index in [1.807, 2.05) is 0 Å². The summed E-state index contributed by atoms with van der Waals surface area (Å²) in [7, 11) is -4.62. The smallest absolute Gasteiger partial charge is 0.472 e. The first-order valence-electron chi connectivity index (χ1n) is 28.1. The number of phosphoric ester groups is 1. The normalized spacial score (nSPS) is 13.5. The van der Waals surface area contributed by atoms with Gasteiger partial charge in [-0.15, -0.1) is 0 Å². The van der Waals surface area contributed by atoms with Gasteiger partial charge in [-0.2, -0.15) is 0 Å². The van der Waals surface area contributed by atoms with Crippen molar-refractivity contribution >= 4 is 19.8 Å². The highest BCUT2D eigenvalue weighted by atomic mass is 31.2. The van der Waals surface area contributed by atoms with Crippen molar-refractivity contribution in [3.8, 4) is 0 Å². The van der Waals surface area contributed by atoms with Crippen LogP contribution in [0.4, 0.5) is 0 Å². The Balaban J connectivity index is 4.02. The van der Waals surface area contributed by atoms with E-state index >= 15 is 0 Å². The third-order valence-corrected chi connectivity index (χ3v) is 13.8. The Morgan fingerprint density at radius 2 is 0.708 bits per heavy atom. The number of carboxylic acid groups (broad SMARTS) is 1. The molecule has 3 atom stereocenters. The van der Waals surface area contributed by atoms with E-state index in [1.165, 1.54) is 238 Å². The first-order chi connectivity index (χ1) is 31.7. The topological polar surface area (TPSA) is 155 Å². The standard InChI is InChI=1S/C54H108NO9P/c1-3-5-7-9-11-13-15-17-19-21-23-25-27-29-31-33-35-37-39-41-43-45-47-61-48-51(49-62-65(59,60)63-50-52(55)54(57)58)64-53(56)46-44-42-40-38-36-34-32-30-28-26-24-22-20-18-16-14-12-10-8-6-4-2/h51-52H,3-50,55H2,1-2H3,(H,57,58)(H,59,60). The minimum atomic E-state index is -4.62. The van der Waals surface area contributed by atoms with Crippen LogP contribution in [0.2, 0.25) is 0 Å². The predicted octanol–water partition coefficient (Wildman–Crippen LogP) is 16.7. The molecular weight excluding hydrogens is 838 g/mol. The van der Waals surface area contributed by atoms with Crippen LogP contribution in [0.25, 0.3) is 0 Å². The van der Waals surface area contributed by atoms with Crippen LogP contribution < -0.4 is 5.73 Å². The molecule has 0 heterocycles. The zero-order valence-electron chi connectivity index (χ0n) is 42.9. The lowest BCUT2D eigenvalue weighted by atomic mass is 10.0. The SMILES string of the molecule is CCCCCCCCCCCCCCCCCCCCCCCCOCC(COP(=O)(O)OCC(N)C(=O)O)OC(=O)CCCCCCCCCCCCCCCCCCCCCCC. The molecule has 65 heavy (non-hydrogen) atoms. The lowest BCUT2D eigenvalue weighted by Crippen LogP contribution is -2.34. The summed E-state index contributed by atoms with van der Waals surface area (Å²) in [5.41, 5.74) is 5.39. The van der Waals surface area contributed by atoms with Crippen LogP contribution in [0.3, 0.4) is 0 Å². The maximum absolute atomic E-state index is 12.7. The van der Waals surface area contributed by atoms with Gasteiger partial charge in [0.1, 0.15) is 12.1 Å². The molecule has 0 spiro atoms. The fourth-order valence-corrected chi connectivity index (χ4v) is 9.33. The molecule has 0 aromatic rings. The summed E-state index contributed by atoms with van der Waals surface area (Å²) < 4.78 is 33.6. The van der Waals surface area contributed by atoms with E-state index in [-0.39, 0.29) is 13.0 Å². The van der Waals surface area contributed by atoms with Crippen molar-refractivity contribution < 1.29 is 42.7 Å². The third-order valence-electron chi connectivity index (χ3n) is 12.9. The highest BCUT2D eigenvalue weighted by Crippen LogP contribution is 2.43. The molecule has 0 rings (SSSR count). The number of hydrogen-bond donors (Lipinski definition) is 3. The molecule has 0 amide bonds. The molecule has 0 radical (unpaired) electrons. The van der Waals surface area contributed by atoms with Gasteiger partial charge in [-0.3, -0.25) is 18.6 Å². The van der Waals surface area contributed by atoms with Crippen LogP contribution in [0.1, 0.15) is 296 Å². The second-order valence-corrected chi connectivity index (χ2v) is 20.9. The minimum absolute atomic E-state index is 0.0267. The van der Waals surface area contributed by atoms with Gasteiger partial charge in [-0.1, -0.05) is 277 Å². The van der Waals surface area contributed by atoms with Crippen LogP contribution in [0.15, 0.2) is 0 Å². The number of hydrogen-bond acceptors (Lipinski definition) is 8. The summed E-state index contributed by atoms with van der Waals surface area (Å²) in [6, 6.07) is -1.47. The largest absolute Gasteiger partial charge is 0.480 e. The molecule has 0 fully saturated rings. The molecule has 4 N–H and O–H groups in total. The zero-order valence-corrected chi connectivity index (χ0v) is 43.8. The van der Waals surface area contributed by atoms with E-state index in [1.54, 1.807) is 0 Å². The maximum atomic E-state index is 12.7. The van der Waals surface area contributed by atoms with E-state index in [2.05, 4.69) is 13.8 Å². The second-order valence-electron chi connectivity index (χ2n) is 19.4. The lowest BCUT2D eigenvalue weighted by Gasteiger charge is -2.20. The van der Waals surface area contributed by atoms with E-state index in [9.17, 15) is 19.0 Å². The Hall–Kier alpha value is -1.03.